The molecule has 0 bridgehead atoms. The zero-order valence-electron chi connectivity index (χ0n) is 21.2. The number of benzene rings is 2. The van der Waals surface area contributed by atoms with Crippen LogP contribution in [0.3, 0.4) is 0 Å². The van der Waals surface area contributed by atoms with E-state index in [2.05, 4.69) is 21.3 Å². The predicted octanol–water partition coefficient (Wildman–Crippen LogP) is 4.05. The third kappa shape index (κ3) is 3.17. The number of aryl methyl sites for hydroxylation is 1. The van der Waals surface area contributed by atoms with E-state index in [4.69, 9.17) is 15.5 Å². The third-order valence-electron chi connectivity index (χ3n) is 8.95. The summed E-state index contributed by atoms with van der Waals surface area (Å²) in [6.45, 7) is 2.27. The summed E-state index contributed by atoms with van der Waals surface area (Å²) < 4.78 is 10.1. The number of methoxy groups -OCH3 is 1. The average Bonchev–Trinajstić information content (AvgIpc) is 3.58. The first-order chi connectivity index (χ1) is 18.0. The molecule has 2 aliphatic carbocycles. The number of imidazole rings is 1. The maximum atomic E-state index is 13.5. The topological polar surface area (TPSA) is 102 Å². The maximum Gasteiger partial charge on any atom is 0.254 e. The molecule has 1 amide bonds. The summed E-state index contributed by atoms with van der Waals surface area (Å²) >= 11 is 0. The molecule has 2 atom stereocenters. The molecule has 7 rings (SSSR count). The Kier molecular flexibility index (Phi) is 4.74. The molecule has 1 aliphatic heterocycles. The van der Waals surface area contributed by atoms with Gasteiger partial charge in [-0.15, -0.1) is 0 Å². The molecule has 8 heteroatoms. The minimum absolute atomic E-state index is 0.0213. The number of rotatable bonds is 6. The van der Waals surface area contributed by atoms with E-state index in [-0.39, 0.29) is 17.4 Å². The van der Waals surface area contributed by atoms with Crippen molar-refractivity contribution in [2.24, 2.45) is 24.1 Å². The van der Waals surface area contributed by atoms with E-state index >= 15 is 0 Å². The maximum absolute atomic E-state index is 13.5. The molecular formula is C29H30N6O2. The molecule has 3 fully saturated rings. The van der Waals surface area contributed by atoms with Crippen molar-refractivity contribution in [2.75, 3.05) is 20.2 Å². The van der Waals surface area contributed by atoms with Crippen LogP contribution in [0, 0.1) is 22.7 Å². The number of ether oxygens (including phenoxy) is 1. The van der Waals surface area contributed by atoms with Gasteiger partial charge in [0.1, 0.15) is 11.3 Å². The lowest BCUT2D eigenvalue weighted by Gasteiger charge is -2.64. The molecule has 3 heterocycles. The number of nitrogens with two attached hydrogens (primary N) is 1. The summed E-state index contributed by atoms with van der Waals surface area (Å²) in [6.07, 6.45) is 4.58. The number of aromatic nitrogens is 3. The molecule has 2 N–H and O–H groups in total. The number of hydrogen-bond acceptors (Lipinski definition) is 5. The lowest BCUT2D eigenvalue weighted by molar-refractivity contribution is -0.117. The van der Waals surface area contributed by atoms with E-state index in [0.29, 0.717) is 29.3 Å². The van der Waals surface area contributed by atoms with Gasteiger partial charge in [-0.05, 0) is 61.9 Å². The average molecular weight is 495 g/mol. The van der Waals surface area contributed by atoms with Crippen LogP contribution in [0.2, 0.25) is 0 Å². The monoisotopic (exact) mass is 494 g/mol. The molecule has 2 aromatic carbocycles. The Bertz CT molecular complexity index is 1630. The molecule has 2 saturated carbocycles. The Morgan fingerprint density at radius 2 is 2.08 bits per heavy atom. The van der Waals surface area contributed by atoms with E-state index in [1.54, 1.807) is 7.11 Å². The summed E-state index contributed by atoms with van der Waals surface area (Å²) in [5, 5.41) is 10.6. The van der Waals surface area contributed by atoms with Gasteiger partial charge in [-0.25, -0.2) is 4.98 Å². The minimum Gasteiger partial charge on any atom is -0.494 e. The quantitative estimate of drug-likeness (QED) is 0.436. The number of fused-ring (bicyclic) bond motifs is 3. The van der Waals surface area contributed by atoms with Gasteiger partial charge in [0.15, 0.2) is 5.82 Å². The molecule has 0 radical (unpaired) electrons. The Hall–Kier alpha value is -3.83. The molecule has 2 aromatic heterocycles. The van der Waals surface area contributed by atoms with Crippen LogP contribution in [-0.2, 0) is 13.6 Å². The van der Waals surface area contributed by atoms with Gasteiger partial charge >= 0.3 is 0 Å². The van der Waals surface area contributed by atoms with Crippen LogP contribution < -0.4 is 10.5 Å². The molecule has 3 aliphatic rings. The van der Waals surface area contributed by atoms with Gasteiger partial charge in [0, 0.05) is 54.6 Å². The highest BCUT2D eigenvalue weighted by molar-refractivity contribution is 6.01. The van der Waals surface area contributed by atoms with Gasteiger partial charge in [0.2, 0.25) is 0 Å². The highest BCUT2D eigenvalue weighted by atomic mass is 16.5. The molecule has 4 aromatic rings. The van der Waals surface area contributed by atoms with Crippen molar-refractivity contribution >= 4 is 27.8 Å². The predicted molar refractivity (Wildman–Crippen MR) is 141 cm³/mol. The largest absolute Gasteiger partial charge is 0.494 e. The molecule has 0 spiro atoms. The van der Waals surface area contributed by atoms with Crippen molar-refractivity contribution in [1.29, 1.82) is 5.26 Å². The highest BCUT2D eigenvalue weighted by Gasteiger charge is 2.59. The van der Waals surface area contributed by atoms with Gasteiger partial charge < -0.3 is 24.5 Å². The Balaban J connectivity index is 1.34. The number of piperidine rings is 1. The van der Waals surface area contributed by atoms with Crippen LogP contribution in [0.1, 0.15) is 41.6 Å². The lowest BCUT2D eigenvalue weighted by atomic mass is 9.57. The second-order valence-electron chi connectivity index (χ2n) is 11.1. The lowest BCUT2D eigenvalue weighted by Crippen LogP contribution is -2.74. The fourth-order valence-corrected chi connectivity index (χ4v) is 6.45. The minimum atomic E-state index is 0.0213. The SMILES string of the molecule is COc1cc(C(=O)N2C[C@]3(CN)CCC23)cc2nc(-c3cc4ccc(C#N)cc4n3CC3CC3)n(C)c12. The van der Waals surface area contributed by atoms with Crippen LogP contribution in [0.25, 0.3) is 33.5 Å². The number of hydrogen-bond donors (Lipinski definition) is 1. The number of carbonyl (C=O) groups is 1. The molecule has 1 saturated heterocycles. The number of carbonyl (C=O) groups excluding carboxylic acids is 1. The zero-order valence-corrected chi connectivity index (χ0v) is 21.2. The van der Waals surface area contributed by atoms with Crippen molar-refractivity contribution in [3.05, 3.63) is 47.5 Å². The highest BCUT2D eigenvalue weighted by Crippen LogP contribution is 2.53. The van der Waals surface area contributed by atoms with Gasteiger partial charge in [0.05, 0.1) is 30.0 Å². The Morgan fingerprint density at radius 3 is 2.73 bits per heavy atom. The van der Waals surface area contributed by atoms with E-state index in [0.717, 1.165) is 59.4 Å². The van der Waals surface area contributed by atoms with Gasteiger partial charge in [0.25, 0.3) is 5.91 Å². The first kappa shape index (κ1) is 22.4. The number of likely N-dealkylation sites (tertiary alicyclic amines) is 1. The van der Waals surface area contributed by atoms with Crippen molar-refractivity contribution in [1.82, 2.24) is 19.0 Å². The number of amides is 1. The van der Waals surface area contributed by atoms with Gasteiger partial charge in [-0.1, -0.05) is 6.07 Å². The van der Waals surface area contributed by atoms with Crippen LogP contribution in [0.4, 0.5) is 0 Å². The Morgan fingerprint density at radius 1 is 1.24 bits per heavy atom. The van der Waals surface area contributed by atoms with Crippen molar-refractivity contribution in [3.8, 4) is 23.3 Å². The first-order valence-electron chi connectivity index (χ1n) is 13.1. The third-order valence-corrected chi connectivity index (χ3v) is 8.95. The first-order valence-corrected chi connectivity index (χ1v) is 13.1. The van der Waals surface area contributed by atoms with Crippen molar-refractivity contribution < 1.29 is 9.53 Å². The second-order valence-corrected chi connectivity index (χ2v) is 11.1. The molecular weight excluding hydrogens is 464 g/mol. The van der Waals surface area contributed by atoms with E-state index < -0.39 is 0 Å². The molecule has 37 heavy (non-hydrogen) atoms. The molecule has 188 valence electrons. The fraction of sp³-hybridized carbons (Fsp3) is 0.414. The van der Waals surface area contributed by atoms with Gasteiger partial charge in [-0.2, -0.15) is 5.26 Å². The van der Waals surface area contributed by atoms with Crippen molar-refractivity contribution in [3.63, 3.8) is 0 Å². The summed E-state index contributed by atoms with van der Waals surface area (Å²) in [6, 6.07) is 14.3. The normalized spacial score (nSPS) is 22.4. The van der Waals surface area contributed by atoms with Crippen molar-refractivity contribution in [2.45, 2.75) is 38.3 Å². The van der Waals surface area contributed by atoms with E-state index in [1.807, 2.05) is 42.3 Å². The number of nitriles is 1. The van der Waals surface area contributed by atoms with E-state index in [1.165, 1.54) is 12.8 Å². The van der Waals surface area contributed by atoms with Gasteiger partial charge in [-0.3, -0.25) is 4.79 Å². The summed E-state index contributed by atoms with van der Waals surface area (Å²) in [7, 11) is 3.63. The molecule has 1 unspecified atom stereocenters. The van der Waals surface area contributed by atoms with E-state index in [9.17, 15) is 10.1 Å². The summed E-state index contributed by atoms with van der Waals surface area (Å²) in [5.41, 5.74) is 11.0. The van der Waals surface area contributed by atoms with Crippen LogP contribution >= 0.6 is 0 Å². The summed E-state index contributed by atoms with van der Waals surface area (Å²) in [4.78, 5) is 20.5. The number of nitrogens with zero attached hydrogens (tertiary/aromatic N) is 5. The van der Waals surface area contributed by atoms with Crippen LogP contribution in [0.5, 0.6) is 5.75 Å². The fourth-order valence-electron chi connectivity index (χ4n) is 6.45. The van der Waals surface area contributed by atoms with Crippen LogP contribution in [0.15, 0.2) is 36.4 Å². The smallest absolute Gasteiger partial charge is 0.254 e. The standard InChI is InChI=1S/C29H30N6O2/c1-33-26-21(10-20(12-24(26)37-2)28(36)35-16-29(15-31)8-7-25(29)35)32-27(33)23-11-19-6-5-18(13-30)9-22(19)34(23)14-17-3-4-17/h5-6,9-12,17,25H,3-4,7-8,14-16,31H2,1-2H3/t25?,29-/m1/s1. The second kappa shape index (κ2) is 7.83. The zero-order chi connectivity index (χ0) is 25.5. The van der Waals surface area contributed by atoms with Crippen LogP contribution in [-0.4, -0.2) is 51.2 Å². The summed E-state index contributed by atoms with van der Waals surface area (Å²) in [5.74, 6) is 2.13. The Labute approximate surface area is 215 Å². The molecule has 8 nitrogen and oxygen atoms in total.